The molecule has 3 rings (SSSR count). The number of carbonyl (C=O) groups excluding carboxylic acids is 1. The number of aryl methyl sites for hydroxylation is 2. The van der Waals surface area contributed by atoms with Gasteiger partial charge in [-0.2, -0.15) is 0 Å². The maximum absolute atomic E-state index is 12.3. The number of nitrogens with one attached hydrogen (secondary N) is 2. The van der Waals surface area contributed by atoms with Crippen molar-refractivity contribution in [3.63, 3.8) is 0 Å². The molecule has 3 aromatic rings. The van der Waals surface area contributed by atoms with Gasteiger partial charge in [0.05, 0.1) is 6.61 Å². The molecule has 0 saturated heterocycles. The summed E-state index contributed by atoms with van der Waals surface area (Å²) in [6, 6.07) is 19.3. The molecule has 0 radical (unpaired) electrons. The first kappa shape index (κ1) is 22.5. The Bertz CT molecular complexity index is 1040. The highest BCUT2D eigenvalue weighted by atomic mass is 35.5. The molecule has 0 saturated carbocycles. The van der Waals surface area contributed by atoms with Crippen LogP contribution in [-0.4, -0.2) is 19.1 Å². The molecular weight excluding hydrogens is 412 g/mol. The molecule has 0 aliphatic rings. The van der Waals surface area contributed by atoms with E-state index in [0.29, 0.717) is 35.4 Å². The van der Waals surface area contributed by atoms with Crippen molar-refractivity contribution in [2.24, 2.45) is 0 Å². The van der Waals surface area contributed by atoms with Crippen molar-refractivity contribution in [2.45, 2.75) is 27.3 Å². The molecule has 162 valence electrons. The molecule has 3 aromatic carbocycles. The molecule has 0 heterocycles. The Morgan fingerprint density at radius 1 is 0.903 bits per heavy atom. The topological polar surface area (TPSA) is 59.6 Å². The summed E-state index contributed by atoms with van der Waals surface area (Å²) in [6.07, 6.45) is 0. The van der Waals surface area contributed by atoms with Crippen LogP contribution in [0.2, 0.25) is 5.02 Å². The van der Waals surface area contributed by atoms with E-state index in [0.717, 1.165) is 16.8 Å². The predicted molar refractivity (Wildman–Crippen MR) is 126 cm³/mol. The summed E-state index contributed by atoms with van der Waals surface area (Å²) in [5.41, 5.74) is 4.91. The Morgan fingerprint density at radius 2 is 1.65 bits per heavy atom. The van der Waals surface area contributed by atoms with Crippen molar-refractivity contribution in [3.05, 3.63) is 82.4 Å². The van der Waals surface area contributed by atoms with Crippen LogP contribution in [0.5, 0.6) is 11.5 Å². The summed E-state index contributed by atoms with van der Waals surface area (Å²) < 4.78 is 11.4. The Labute approximate surface area is 188 Å². The lowest BCUT2D eigenvalue weighted by molar-refractivity contribution is -0.118. The number of ether oxygens (including phenoxy) is 2. The Hall–Kier alpha value is -3.18. The SMILES string of the molecule is CCOc1cc(CNc2ccc(C)cc2)ccc1OCC(=O)Nc1ccc(C)c(Cl)c1. The zero-order valence-corrected chi connectivity index (χ0v) is 18.8. The van der Waals surface area contributed by atoms with Crippen molar-refractivity contribution in [1.29, 1.82) is 0 Å². The fourth-order valence-corrected chi connectivity index (χ4v) is 3.12. The highest BCUT2D eigenvalue weighted by Crippen LogP contribution is 2.29. The van der Waals surface area contributed by atoms with Crippen LogP contribution in [-0.2, 0) is 11.3 Å². The lowest BCUT2D eigenvalue weighted by Crippen LogP contribution is -2.20. The monoisotopic (exact) mass is 438 g/mol. The van der Waals surface area contributed by atoms with E-state index in [1.807, 2.05) is 38.1 Å². The normalized spacial score (nSPS) is 10.5. The number of hydrogen-bond acceptors (Lipinski definition) is 4. The number of benzene rings is 3. The number of rotatable bonds is 9. The van der Waals surface area contributed by atoms with Crippen LogP contribution in [0, 0.1) is 13.8 Å². The van der Waals surface area contributed by atoms with Gasteiger partial charge in [-0.3, -0.25) is 4.79 Å². The van der Waals surface area contributed by atoms with Crippen LogP contribution in [0.1, 0.15) is 23.6 Å². The zero-order chi connectivity index (χ0) is 22.2. The standard InChI is InChI=1S/C25H27ClN2O3/c1-4-30-24-13-19(15-27-20-9-5-17(2)6-10-20)8-12-23(24)31-16-25(29)28-21-11-7-18(3)22(26)14-21/h5-14,27H,4,15-16H2,1-3H3,(H,28,29). The summed E-state index contributed by atoms with van der Waals surface area (Å²) >= 11 is 6.11. The number of carbonyl (C=O) groups is 1. The van der Waals surface area contributed by atoms with E-state index >= 15 is 0 Å². The third-order valence-electron chi connectivity index (χ3n) is 4.67. The van der Waals surface area contributed by atoms with Gasteiger partial charge >= 0.3 is 0 Å². The van der Waals surface area contributed by atoms with Crippen LogP contribution in [0.15, 0.2) is 60.7 Å². The zero-order valence-electron chi connectivity index (χ0n) is 18.0. The van der Waals surface area contributed by atoms with Gasteiger partial charge in [0.2, 0.25) is 0 Å². The highest BCUT2D eigenvalue weighted by molar-refractivity contribution is 6.31. The van der Waals surface area contributed by atoms with E-state index < -0.39 is 0 Å². The number of amides is 1. The van der Waals surface area contributed by atoms with E-state index in [-0.39, 0.29) is 12.5 Å². The molecule has 5 nitrogen and oxygen atoms in total. The van der Waals surface area contributed by atoms with E-state index in [1.165, 1.54) is 5.56 Å². The van der Waals surface area contributed by atoms with Gasteiger partial charge < -0.3 is 20.1 Å². The van der Waals surface area contributed by atoms with Gasteiger partial charge in [-0.15, -0.1) is 0 Å². The first-order chi connectivity index (χ1) is 14.9. The summed E-state index contributed by atoms with van der Waals surface area (Å²) in [4.78, 5) is 12.3. The number of hydrogen-bond donors (Lipinski definition) is 2. The minimum Gasteiger partial charge on any atom is -0.490 e. The molecule has 0 aromatic heterocycles. The van der Waals surface area contributed by atoms with Crippen molar-refractivity contribution in [2.75, 3.05) is 23.8 Å². The number of halogens is 1. The van der Waals surface area contributed by atoms with Crippen molar-refractivity contribution in [3.8, 4) is 11.5 Å². The minimum absolute atomic E-state index is 0.132. The molecule has 31 heavy (non-hydrogen) atoms. The summed E-state index contributed by atoms with van der Waals surface area (Å²) in [6.45, 7) is 6.90. The molecule has 0 spiro atoms. The fraction of sp³-hybridized carbons (Fsp3) is 0.240. The predicted octanol–water partition coefficient (Wildman–Crippen LogP) is 5.99. The second-order valence-electron chi connectivity index (χ2n) is 7.23. The van der Waals surface area contributed by atoms with Gasteiger partial charge in [0, 0.05) is 22.9 Å². The quantitative estimate of drug-likeness (QED) is 0.431. The minimum atomic E-state index is -0.271. The molecule has 1 amide bonds. The van der Waals surface area contributed by atoms with Gasteiger partial charge in [-0.05, 0) is 68.3 Å². The maximum Gasteiger partial charge on any atom is 0.262 e. The van der Waals surface area contributed by atoms with Gasteiger partial charge in [0.1, 0.15) is 0 Å². The van der Waals surface area contributed by atoms with Crippen LogP contribution in [0.4, 0.5) is 11.4 Å². The Kier molecular flexibility index (Phi) is 7.79. The smallest absolute Gasteiger partial charge is 0.262 e. The molecule has 0 fully saturated rings. The van der Waals surface area contributed by atoms with Gasteiger partial charge in [-0.1, -0.05) is 41.4 Å². The third kappa shape index (κ3) is 6.66. The average Bonchev–Trinajstić information content (AvgIpc) is 2.75. The van der Waals surface area contributed by atoms with E-state index in [9.17, 15) is 4.79 Å². The second-order valence-corrected chi connectivity index (χ2v) is 7.64. The Morgan fingerprint density at radius 3 is 2.35 bits per heavy atom. The lowest BCUT2D eigenvalue weighted by atomic mass is 10.2. The first-order valence-corrected chi connectivity index (χ1v) is 10.6. The van der Waals surface area contributed by atoms with Crippen molar-refractivity contribution >= 4 is 28.9 Å². The van der Waals surface area contributed by atoms with E-state index in [4.69, 9.17) is 21.1 Å². The molecule has 0 aliphatic heterocycles. The van der Waals surface area contributed by atoms with Gasteiger partial charge in [0.15, 0.2) is 18.1 Å². The van der Waals surface area contributed by atoms with Crippen molar-refractivity contribution < 1.29 is 14.3 Å². The average molecular weight is 439 g/mol. The molecule has 0 unspecified atom stereocenters. The third-order valence-corrected chi connectivity index (χ3v) is 5.08. The van der Waals surface area contributed by atoms with E-state index in [2.05, 4.69) is 41.8 Å². The van der Waals surface area contributed by atoms with Crippen LogP contribution in [0.3, 0.4) is 0 Å². The van der Waals surface area contributed by atoms with Crippen LogP contribution < -0.4 is 20.1 Å². The molecule has 6 heteroatoms. The number of anilines is 2. The van der Waals surface area contributed by atoms with Crippen LogP contribution >= 0.6 is 11.6 Å². The molecule has 0 atom stereocenters. The largest absolute Gasteiger partial charge is 0.490 e. The summed E-state index contributed by atoms with van der Waals surface area (Å²) in [5.74, 6) is 0.863. The molecule has 0 aliphatic carbocycles. The Balaban J connectivity index is 1.60. The fourth-order valence-electron chi connectivity index (χ4n) is 2.94. The summed E-state index contributed by atoms with van der Waals surface area (Å²) in [5, 5.41) is 6.78. The first-order valence-electron chi connectivity index (χ1n) is 10.2. The van der Waals surface area contributed by atoms with Gasteiger partial charge in [0.25, 0.3) is 5.91 Å². The highest BCUT2D eigenvalue weighted by Gasteiger charge is 2.10. The second kappa shape index (κ2) is 10.7. The van der Waals surface area contributed by atoms with Crippen LogP contribution in [0.25, 0.3) is 0 Å². The van der Waals surface area contributed by atoms with Crippen molar-refractivity contribution in [1.82, 2.24) is 0 Å². The molecule has 2 N–H and O–H groups in total. The van der Waals surface area contributed by atoms with E-state index in [1.54, 1.807) is 12.1 Å². The van der Waals surface area contributed by atoms with Gasteiger partial charge in [-0.25, -0.2) is 0 Å². The molecular formula is C25H27ClN2O3. The maximum atomic E-state index is 12.3. The summed E-state index contributed by atoms with van der Waals surface area (Å²) in [7, 11) is 0. The lowest BCUT2D eigenvalue weighted by Gasteiger charge is -2.14. The molecule has 0 bridgehead atoms.